The fraction of sp³-hybridized carbons (Fsp3) is 0.500. The van der Waals surface area contributed by atoms with Crippen molar-refractivity contribution in [3.05, 3.63) is 0 Å². The van der Waals surface area contributed by atoms with Gasteiger partial charge in [0.25, 0.3) is 8.46 Å². The zero-order valence-electron chi connectivity index (χ0n) is 3.17. The molecule has 0 aromatic rings. The van der Waals surface area contributed by atoms with Crippen LogP contribution in [-0.4, -0.2) is 12.8 Å². The van der Waals surface area contributed by atoms with Gasteiger partial charge in [-0.2, -0.15) is 0 Å². The van der Waals surface area contributed by atoms with Crippen molar-refractivity contribution in [1.82, 2.24) is 0 Å². The first kappa shape index (κ1) is 5.57. The summed E-state index contributed by atoms with van der Waals surface area (Å²) in [6.45, 7) is 0. The topological polar surface area (TPSA) is 43.4 Å². The summed E-state index contributed by atoms with van der Waals surface area (Å²) in [5, 5.41) is 0. The molecule has 0 aliphatic carbocycles. The number of rotatable bonds is 1. The lowest BCUT2D eigenvalue weighted by atomic mass is 11.5. The minimum Gasteiger partial charge on any atom is -0.460 e. The second-order valence-corrected chi connectivity index (χ2v) is 1.11. The zero-order valence-corrected chi connectivity index (χ0v) is 4.07. The molecule has 0 aliphatic rings. The number of carbonyl (C=O) groups excluding carboxylic acids is 1. The third-order valence-corrected chi connectivity index (χ3v) is 0.581. The monoisotopic (exact) mass is 106 g/mol. The molecule has 0 aromatic heterocycles. The highest BCUT2D eigenvalue weighted by Gasteiger charge is 1.90. The van der Waals surface area contributed by atoms with Crippen LogP contribution >= 0.6 is 8.46 Å². The summed E-state index contributed by atoms with van der Waals surface area (Å²) < 4.78 is 13.3. The normalized spacial score (nSPS) is 8.17. The molecule has 0 heterocycles. The molecule has 0 bridgehead atoms. The highest BCUT2D eigenvalue weighted by Crippen LogP contribution is 1.93. The van der Waals surface area contributed by atoms with Crippen LogP contribution in [0.1, 0.15) is 0 Å². The van der Waals surface area contributed by atoms with Crippen LogP contribution < -0.4 is 0 Å². The van der Waals surface area contributed by atoms with E-state index in [0.717, 1.165) is 0 Å². The molecule has 0 saturated carbocycles. The molecule has 0 atom stereocenters. The molecule has 0 radical (unpaired) electrons. The van der Waals surface area contributed by atoms with Crippen molar-refractivity contribution in [2.75, 3.05) is 7.11 Å². The minimum atomic E-state index is -0.741. The Hall–Kier alpha value is -0.430. The molecular weight excluding hydrogens is 103 g/mol. The predicted octanol–water partition coefficient (Wildman–Crippen LogP) is 1.04. The number of hydrogen-bond donors (Lipinski definition) is 0. The van der Waals surface area contributed by atoms with Gasteiger partial charge in [-0.05, 0) is 0 Å². The van der Waals surface area contributed by atoms with Crippen LogP contribution in [0.5, 0.6) is 0 Å². The largest absolute Gasteiger partial charge is 0.460 e. The van der Waals surface area contributed by atoms with E-state index in [9.17, 15) is 9.36 Å². The third kappa shape index (κ3) is 1.85. The van der Waals surface area contributed by atoms with Crippen LogP contribution in [0.3, 0.4) is 0 Å². The van der Waals surface area contributed by atoms with Gasteiger partial charge in [0.15, 0.2) is 0 Å². The van der Waals surface area contributed by atoms with Gasteiger partial charge in [-0.3, -0.25) is 4.57 Å². The molecule has 0 aromatic carbocycles. The third-order valence-electron chi connectivity index (χ3n) is 0.249. The second-order valence-electron chi connectivity index (χ2n) is 0.561. The lowest BCUT2D eigenvalue weighted by Crippen LogP contribution is -1.81. The van der Waals surface area contributed by atoms with Gasteiger partial charge < -0.3 is 4.74 Å². The summed E-state index contributed by atoms with van der Waals surface area (Å²) in [4.78, 5) is 9.63. The Bertz CT molecular complexity index is 69.2. The summed E-state index contributed by atoms with van der Waals surface area (Å²) in [6.07, 6.45) is 0. The van der Waals surface area contributed by atoms with Crippen molar-refractivity contribution < 1.29 is 14.1 Å². The minimum absolute atomic E-state index is 0.583. The SMILES string of the molecule is COC(=O)P=O. The van der Waals surface area contributed by atoms with Crippen molar-refractivity contribution in [3.63, 3.8) is 0 Å². The molecule has 0 rings (SSSR count). The standard InChI is InChI=1S/C2H3O3P/c1-5-2(3)6-4/h1H3. The molecule has 0 fully saturated rings. The van der Waals surface area contributed by atoms with Gasteiger partial charge in [-0.1, -0.05) is 0 Å². The van der Waals surface area contributed by atoms with Gasteiger partial charge in [0.1, 0.15) is 0 Å². The Morgan fingerprint density at radius 1 is 1.83 bits per heavy atom. The van der Waals surface area contributed by atoms with E-state index < -0.39 is 14.2 Å². The van der Waals surface area contributed by atoms with E-state index >= 15 is 0 Å². The number of methoxy groups -OCH3 is 1. The average molecular weight is 106 g/mol. The molecule has 4 heteroatoms. The summed E-state index contributed by atoms with van der Waals surface area (Å²) in [7, 11) is 0.591. The summed E-state index contributed by atoms with van der Waals surface area (Å²) in [6, 6.07) is 0. The van der Waals surface area contributed by atoms with Gasteiger partial charge in [-0.15, -0.1) is 0 Å². The number of hydrogen-bond acceptors (Lipinski definition) is 3. The Morgan fingerprint density at radius 2 is 2.33 bits per heavy atom. The van der Waals surface area contributed by atoms with Crippen molar-refractivity contribution in [2.24, 2.45) is 0 Å². The molecule has 0 aliphatic heterocycles. The fourth-order valence-corrected chi connectivity index (χ4v) is 0.112. The fourth-order valence-electron chi connectivity index (χ4n) is 0.0373. The predicted molar refractivity (Wildman–Crippen MR) is 20.0 cm³/mol. The lowest BCUT2D eigenvalue weighted by molar-refractivity contribution is 0.198. The second kappa shape index (κ2) is 2.79. The molecule has 6 heavy (non-hydrogen) atoms. The summed E-state index contributed by atoms with van der Waals surface area (Å²) in [5.41, 5.74) is -0.741. The van der Waals surface area contributed by atoms with Crippen LogP contribution in [0.2, 0.25) is 0 Å². The Morgan fingerprint density at radius 3 is 2.33 bits per heavy atom. The highest BCUT2D eigenvalue weighted by atomic mass is 31.1. The first-order valence-electron chi connectivity index (χ1n) is 1.22. The van der Waals surface area contributed by atoms with Gasteiger partial charge in [0, 0.05) is 0 Å². The Labute approximate surface area is 36.5 Å². The van der Waals surface area contributed by atoms with Crippen LogP contribution in [0.25, 0.3) is 0 Å². The molecule has 0 amide bonds. The van der Waals surface area contributed by atoms with Crippen molar-refractivity contribution in [1.29, 1.82) is 0 Å². The molecule has 0 unspecified atom stereocenters. The van der Waals surface area contributed by atoms with Gasteiger partial charge >= 0.3 is 5.71 Å². The van der Waals surface area contributed by atoms with E-state index in [0.29, 0.717) is 0 Å². The highest BCUT2D eigenvalue weighted by molar-refractivity contribution is 7.45. The molecule has 0 spiro atoms. The van der Waals surface area contributed by atoms with Crippen molar-refractivity contribution in [2.45, 2.75) is 0 Å². The smallest absolute Gasteiger partial charge is 0.398 e. The number of ether oxygens (including phenoxy) is 1. The van der Waals surface area contributed by atoms with E-state index in [4.69, 9.17) is 0 Å². The Kier molecular flexibility index (Phi) is 2.59. The molecular formula is C2H3O3P. The van der Waals surface area contributed by atoms with Gasteiger partial charge in [0.05, 0.1) is 7.11 Å². The van der Waals surface area contributed by atoms with Gasteiger partial charge in [-0.25, -0.2) is 4.79 Å². The van der Waals surface area contributed by atoms with Crippen molar-refractivity contribution in [3.8, 4) is 0 Å². The molecule has 0 saturated heterocycles. The quantitative estimate of drug-likeness (QED) is 0.469. The Balaban J connectivity index is 3.23. The van der Waals surface area contributed by atoms with Gasteiger partial charge in [0.2, 0.25) is 0 Å². The maximum atomic E-state index is 9.63. The average Bonchev–Trinajstić information content (AvgIpc) is 1.65. The van der Waals surface area contributed by atoms with Crippen LogP contribution in [0.4, 0.5) is 4.79 Å². The number of carbonyl (C=O) groups is 1. The van der Waals surface area contributed by atoms with Crippen LogP contribution in [0, 0.1) is 0 Å². The van der Waals surface area contributed by atoms with E-state index in [1.807, 2.05) is 0 Å². The first-order valence-corrected chi connectivity index (χ1v) is 2.04. The van der Waals surface area contributed by atoms with E-state index in [2.05, 4.69) is 4.74 Å². The van der Waals surface area contributed by atoms with Crippen LogP contribution in [0.15, 0.2) is 0 Å². The van der Waals surface area contributed by atoms with E-state index in [-0.39, 0.29) is 0 Å². The van der Waals surface area contributed by atoms with E-state index in [1.165, 1.54) is 7.11 Å². The van der Waals surface area contributed by atoms with Crippen molar-refractivity contribution >= 4 is 14.2 Å². The molecule has 34 valence electrons. The maximum absolute atomic E-state index is 9.63. The first-order chi connectivity index (χ1) is 2.81. The summed E-state index contributed by atoms with van der Waals surface area (Å²) >= 11 is 0. The lowest BCUT2D eigenvalue weighted by Gasteiger charge is -1.78. The van der Waals surface area contributed by atoms with E-state index in [1.54, 1.807) is 0 Å². The maximum Gasteiger partial charge on any atom is 0.398 e. The molecule has 3 nitrogen and oxygen atoms in total. The summed E-state index contributed by atoms with van der Waals surface area (Å²) in [5.74, 6) is 0. The van der Waals surface area contributed by atoms with Crippen LogP contribution in [-0.2, 0) is 9.30 Å². The zero-order chi connectivity index (χ0) is 4.99. The molecule has 0 N–H and O–H groups in total.